The van der Waals surface area contributed by atoms with E-state index in [1.165, 1.54) is 6.20 Å². The highest BCUT2D eigenvalue weighted by Gasteiger charge is 2.17. The summed E-state index contributed by atoms with van der Waals surface area (Å²) in [7, 11) is 0. The van der Waals surface area contributed by atoms with Crippen molar-refractivity contribution in [1.82, 2.24) is 14.9 Å². The van der Waals surface area contributed by atoms with Crippen LogP contribution >= 0.6 is 0 Å². The number of primary amides is 1. The molecule has 0 atom stereocenters. The maximum Gasteiger partial charge on any atom is 0.322 e. The number of anilines is 4. The first-order valence-corrected chi connectivity index (χ1v) is 10.5. The Morgan fingerprint density at radius 1 is 1.03 bits per heavy atom. The summed E-state index contributed by atoms with van der Waals surface area (Å²) >= 11 is 0. The summed E-state index contributed by atoms with van der Waals surface area (Å²) in [6, 6.07) is 16.8. The van der Waals surface area contributed by atoms with Gasteiger partial charge in [-0.25, -0.2) is 9.78 Å². The molecule has 3 aromatic rings. The molecular formula is C23H25N7O3. The second-order valence-corrected chi connectivity index (χ2v) is 7.39. The van der Waals surface area contributed by atoms with Gasteiger partial charge in [-0.2, -0.15) is 4.98 Å². The Bertz CT molecular complexity index is 1120. The van der Waals surface area contributed by atoms with Crippen LogP contribution in [0.2, 0.25) is 0 Å². The number of aromatic nitrogens is 2. The zero-order valence-electron chi connectivity index (χ0n) is 18.0. The third kappa shape index (κ3) is 5.95. The minimum Gasteiger partial charge on any atom is -0.378 e. The van der Waals surface area contributed by atoms with E-state index in [1.54, 1.807) is 17.0 Å². The summed E-state index contributed by atoms with van der Waals surface area (Å²) in [5.74, 6) is -0.00206. The van der Waals surface area contributed by atoms with Gasteiger partial charge in [0, 0.05) is 37.2 Å². The van der Waals surface area contributed by atoms with Gasteiger partial charge in [0.15, 0.2) is 0 Å². The predicted octanol–water partition coefficient (Wildman–Crippen LogP) is 2.80. The SMILES string of the molecule is NC(=O)c1cnc(Nc2cccc(NC(=O)N3CCOCC3)c2)nc1NCc1ccccc1. The molecule has 33 heavy (non-hydrogen) atoms. The third-order valence-electron chi connectivity index (χ3n) is 5.03. The standard InChI is InChI=1S/C23H25N7O3/c24-20(31)19-15-26-22(29-21(19)25-14-16-5-2-1-3-6-16)27-17-7-4-8-18(13-17)28-23(32)30-9-11-33-12-10-30/h1-8,13,15H,9-12,14H2,(H2,24,31)(H,28,32)(H2,25,26,27,29). The van der Waals surface area contributed by atoms with Crippen molar-refractivity contribution in [3.8, 4) is 0 Å². The molecule has 2 heterocycles. The lowest BCUT2D eigenvalue weighted by atomic mass is 10.2. The number of amides is 3. The van der Waals surface area contributed by atoms with Crippen LogP contribution in [-0.4, -0.2) is 53.1 Å². The fraction of sp³-hybridized carbons (Fsp3) is 0.217. The Morgan fingerprint density at radius 2 is 1.79 bits per heavy atom. The summed E-state index contributed by atoms with van der Waals surface area (Å²) < 4.78 is 5.28. The van der Waals surface area contributed by atoms with E-state index < -0.39 is 5.91 Å². The minimum absolute atomic E-state index is 0.176. The first-order valence-electron chi connectivity index (χ1n) is 10.5. The van der Waals surface area contributed by atoms with Crippen LogP contribution in [0.3, 0.4) is 0 Å². The van der Waals surface area contributed by atoms with E-state index >= 15 is 0 Å². The Morgan fingerprint density at radius 3 is 2.55 bits per heavy atom. The number of rotatable bonds is 7. The van der Waals surface area contributed by atoms with Crippen LogP contribution in [0, 0.1) is 0 Å². The third-order valence-corrected chi connectivity index (χ3v) is 5.03. The van der Waals surface area contributed by atoms with E-state index in [4.69, 9.17) is 10.5 Å². The molecule has 0 radical (unpaired) electrons. The number of carbonyl (C=O) groups excluding carboxylic acids is 2. The number of ether oxygens (including phenoxy) is 1. The molecule has 10 heteroatoms. The number of carbonyl (C=O) groups is 2. The van der Waals surface area contributed by atoms with E-state index in [0.29, 0.717) is 50.0 Å². The highest BCUT2D eigenvalue weighted by atomic mass is 16.5. The Balaban J connectivity index is 1.46. The molecule has 3 amide bonds. The molecule has 0 aliphatic carbocycles. The molecule has 4 rings (SSSR count). The van der Waals surface area contributed by atoms with Crippen molar-refractivity contribution in [3.05, 3.63) is 71.9 Å². The zero-order chi connectivity index (χ0) is 23.0. The van der Waals surface area contributed by atoms with Gasteiger partial charge in [-0.1, -0.05) is 36.4 Å². The average molecular weight is 447 g/mol. The van der Waals surface area contributed by atoms with Gasteiger partial charge in [0.25, 0.3) is 5.91 Å². The first kappa shape index (κ1) is 22.0. The molecule has 170 valence electrons. The van der Waals surface area contributed by atoms with Gasteiger partial charge in [-0.3, -0.25) is 4.79 Å². The molecule has 0 spiro atoms. The van der Waals surface area contributed by atoms with Crippen LogP contribution in [0.4, 0.5) is 27.9 Å². The molecule has 1 aliphatic heterocycles. The van der Waals surface area contributed by atoms with Crippen molar-refractivity contribution in [2.75, 3.05) is 42.3 Å². The van der Waals surface area contributed by atoms with E-state index in [2.05, 4.69) is 25.9 Å². The number of urea groups is 1. The number of nitrogens with one attached hydrogen (secondary N) is 3. The lowest BCUT2D eigenvalue weighted by molar-refractivity contribution is 0.0564. The van der Waals surface area contributed by atoms with Crippen molar-refractivity contribution < 1.29 is 14.3 Å². The maximum absolute atomic E-state index is 12.4. The first-order chi connectivity index (χ1) is 16.1. The maximum atomic E-state index is 12.4. The molecule has 0 bridgehead atoms. The van der Waals surface area contributed by atoms with Crippen molar-refractivity contribution in [2.24, 2.45) is 5.73 Å². The Kier molecular flexibility index (Phi) is 6.96. The summed E-state index contributed by atoms with van der Waals surface area (Å²) in [5, 5.41) is 9.14. The molecule has 1 fully saturated rings. The smallest absolute Gasteiger partial charge is 0.322 e. The van der Waals surface area contributed by atoms with Crippen molar-refractivity contribution in [1.29, 1.82) is 0 Å². The average Bonchev–Trinajstić information content (AvgIpc) is 2.84. The van der Waals surface area contributed by atoms with Crippen LogP contribution < -0.4 is 21.7 Å². The highest BCUT2D eigenvalue weighted by Crippen LogP contribution is 2.21. The van der Waals surface area contributed by atoms with Crippen molar-refractivity contribution in [3.63, 3.8) is 0 Å². The molecule has 1 aliphatic rings. The van der Waals surface area contributed by atoms with E-state index in [0.717, 1.165) is 5.56 Å². The predicted molar refractivity (Wildman–Crippen MR) is 125 cm³/mol. The molecule has 2 aromatic carbocycles. The topological polar surface area (TPSA) is 134 Å². The highest BCUT2D eigenvalue weighted by molar-refractivity contribution is 5.97. The van der Waals surface area contributed by atoms with Gasteiger partial charge in [0.1, 0.15) is 5.82 Å². The largest absolute Gasteiger partial charge is 0.378 e. The number of nitrogens with two attached hydrogens (primary N) is 1. The number of nitrogens with zero attached hydrogens (tertiary/aromatic N) is 3. The molecular weight excluding hydrogens is 422 g/mol. The van der Waals surface area contributed by atoms with Gasteiger partial charge in [-0.15, -0.1) is 0 Å². The van der Waals surface area contributed by atoms with Gasteiger partial charge in [-0.05, 0) is 23.8 Å². The van der Waals surface area contributed by atoms with Crippen LogP contribution in [-0.2, 0) is 11.3 Å². The van der Waals surface area contributed by atoms with E-state index in [9.17, 15) is 9.59 Å². The number of benzene rings is 2. The monoisotopic (exact) mass is 447 g/mol. The van der Waals surface area contributed by atoms with Gasteiger partial charge in [0.2, 0.25) is 5.95 Å². The Labute approximate surface area is 191 Å². The second-order valence-electron chi connectivity index (χ2n) is 7.39. The summed E-state index contributed by atoms with van der Waals surface area (Å²) in [6.45, 7) is 2.66. The fourth-order valence-electron chi connectivity index (χ4n) is 3.31. The molecule has 0 saturated carbocycles. The number of morpholine rings is 1. The fourth-order valence-corrected chi connectivity index (χ4v) is 3.31. The number of hydrogen-bond acceptors (Lipinski definition) is 7. The van der Waals surface area contributed by atoms with Gasteiger partial charge < -0.3 is 31.3 Å². The van der Waals surface area contributed by atoms with Gasteiger partial charge in [0.05, 0.1) is 18.8 Å². The quantitative estimate of drug-likeness (QED) is 0.437. The molecule has 5 N–H and O–H groups in total. The summed E-state index contributed by atoms with van der Waals surface area (Å²) in [5.41, 5.74) is 8.02. The summed E-state index contributed by atoms with van der Waals surface area (Å²) in [4.78, 5) is 34.6. The van der Waals surface area contributed by atoms with E-state index in [-0.39, 0.29) is 17.5 Å². The minimum atomic E-state index is -0.620. The van der Waals surface area contributed by atoms with E-state index in [1.807, 2.05) is 42.5 Å². The van der Waals surface area contributed by atoms with Gasteiger partial charge >= 0.3 is 6.03 Å². The molecule has 1 aromatic heterocycles. The van der Waals surface area contributed by atoms with Crippen LogP contribution in [0.25, 0.3) is 0 Å². The lowest BCUT2D eigenvalue weighted by Crippen LogP contribution is -2.43. The van der Waals surface area contributed by atoms with Crippen LogP contribution in [0.15, 0.2) is 60.8 Å². The van der Waals surface area contributed by atoms with Crippen LogP contribution in [0.5, 0.6) is 0 Å². The zero-order valence-corrected chi connectivity index (χ0v) is 18.0. The summed E-state index contributed by atoms with van der Waals surface area (Å²) in [6.07, 6.45) is 1.38. The molecule has 0 unspecified atom stereocenters. The van der Waals surface area contributed by atoms with Crippen molar-refractivity contribution >= 4 is 35.1 Å². The molecule has 1 saturated heterocycles. The van der Waals surface area contributed by atoms with Crippen molar-refractivity contribution in [2.45, 2.75) is 6.54 Å². The van der Waals surface area contributed by atoms with Crippen LogP contribution in [0.1, 0.15) is 15.9 Å². The normalized spacial score (nSPS) is 13.3. The lowest BCUT2D eigenvalue weighted by Gasteiger charge is -2.27. The number of hydrogen-bond donors (Lipinski definition) is 4. The second kappa shape index (κ2) is 10.4. The Hall–Kier alpha value is -4.18. The molecule has 10 nitrogen and oxygen atoms in total.